The van der Waals surface area contributed by atoms with Gasteiger partial charge in [-0.1, -0.05) is 41.4 Å². The first-order valence-electron chi connectivity index (χ1n) is 7.18. The SMILES string of the molecule is COc1ccc(/C=C(\Cl)N(C=N)Cc2cccc(Cl)c2)cc1OC. The lowest BCUT2D eigenvalue weighted by Crippen LogP contribution is -2.17. The number of methoxy groups -OCH3 is 2. The summed E-state index contributed by atoms with van der Waals surface area (Å²) in [6, 6.07) is 12.9. The van der Waals surface area contributed by atoms with Crippen molar-refractivity contribution in [3.8, 4) is 11.5 Å². The standard InChI is InChI=1S/C18H18Cl2N2O2/c1-23-16-7-6-13(9-17(16)24-2)10-18(20)22(12-21)11-14-4-3-5-15(19)8-14/h3-10,12,21H,11H2,1-2H3/b18-10+,21-12?. The Hall–Kier alpha value is -2.17. The van der Waals surface area contributed by atoms with Crippen molar-refractivity contribution in [1.29, 1.82) is 5.41 Å². The van der Waals surface area contributed by atoms with Gasteiger partial charge in [0.1, 0.15) is 5.16 Å². The first-order valence-corrected chi connectivity index (χ1v) is 7.94. The Morgan fingerprint density at radius 1 is 1.12 bits per heavy atom. The van der Waals surface area contributed by atoms with Crippen molar-refractivity contribution in [3.63, 3.8) is 0 Å². The minimum Gasteiger partial charge on any atom is -0.493 e. The Labute approximate surface area is 151 Å². The topological polar surface area (TPSA) is 45.5 Å². The van der Waals surface area contributed by atoms with E-state index >= 15 is 0 Å². The number of halogens is 2. The Bertz CT molecular complexity index is 748. The average molecular weight is 365 g/mol. The Morgan fingerprint density at radius 2 is 1.88 bits per heavy atom. The van der Waals surface area contributed by atoms with Crippen LogP contribution in [0.4, 0.5) is 0 Å². The fraction of sp³-hybridized carbons (Fsp3) is 0.167. The lowest BCUT2D eigenvalue weighted by atomic mass is 10.2. The van der Waals surface area contributed by atoms with E-state index in [1.807, 2.05) is 30.3 Å². The molecule has 0 unspecified atom stereocenters. The molecule has 0 radical (unpaired) electrons. The van der Waals surface area contributed by atoms with E-state index in [4.69, 9.17) is 38.1 Å². The van der Waals surface area contributed by atoms with E-state index in [0.29, 0.717) is 28.2 Å². The molecule has 0 heterocycles. The van der Waals surface area contributed by atoms with Crippen molar-refractivity contribution in [2.45, 2.75) is 6.54 Å². The maximum absolute atomic E-state index is 7.60. The third kappa shape index (κ3) is 4.66. The molecule has 24 heavy (non-hydrogen) atoms. The molecule has 0 amide bonds. The fourth-order valence-electron chi connectivity index (χ4n) is 2.18. The van der Waals surface area contributed by atoms with E-state index < -0.39 is 0 Å². The highest BCUT2D eigenvalue weighted by atomic mass is 35.5. The molecule has 0 fully saturated rings. The number of nitrogens with one attached hydrogen (secondary N) is 1. The Balaban J connectivity index is 2.22. The predicted molar refractivity (Wildman–Crippen MR) is 99.2 cm³/mol. The molecule has 1 N–H and O–H groups in total. The number of hydrogen-bond donors (Lipinski definition) is 1. The average Bonchev–Trinajstić information content (AvgIpc) is 2.59. The van der Waals surface area contributed by atoms with Gasteiger partial charge >= 0.3 is 0 Å². The van der Waals surface area contributed by atoms with Crippen LogP contribution in [-0.4, -0.2) is 25.5 Å². The van der Waals surface area contributed by atoms with Crippen molar-refractivity contribution in [2.75, 3.05) is 14.2 Å². The van der Waals surface area contributed by atoms with Crippen molar-refractivity contribution in [3.05, 3.63) is 63.8 Å². The zero-order valence-corrected chi connectivity index (χ0v) is 14.9. The van der Waals surface area contributed by atoms with Gasteiger partial charge in [-0.3, -0.25) is 5.41 Å². The second kappa shape index (κ2) is 8.62. The second-order valence-electron chi connectivity index (χ2n) is 4.97. The molecule has 0 atom stereocenters. The lowest BCUT2D eigenvalue weighted by molar-refractivity contribution is 0.355. The van der Waals surface area contributed by atoms with Gasteiger partial charge in [0.15, 0.2) is 11.5 Å². The molecule has 126 valence electrons. The Morgan fingerprint density at radius 3 is 2.50 bits per heavy atom. The zero-order chi connectivity index (χ0) is 17.5. The molecule has 0 aromatic heterocycles. The van der Waals surface area contributed by atoms with Gasteiger partial charge in [-0.15, -0.1) is 0 Å². The summed E-state index contributed by atoms with van der Waals surface area (Å²) in [5.41, 5.74) is 1.81. The summed E-state index contributed by atoms with van der Waals surface area (Å²) in [6.07, 6.45) is 2.94. The smallest absolute Gasteiger partial charge is 0.161 e. The molecule has 0 saturated heterocycles. The van der Waals surface area contributed by atoms with Gasteiger partial charge in [-0.2, -0.15) is 0 Å². The normalized spacial score (nSPS) is 11.1. The largest absolute Gasteiger partial charge is 0.493 e. The van der Waals surface area contributed by atoms with Crippen LogP contribution in [0.15, 0.2) is 47.6 Å². The highest BCUT2D eigenvalue weighted by Crippen LogP contribution is 2.29. The van der Waals surface area contributed by atoms with Crippen molar-refractivity contribution in [2.24, 2.45) is 0 Å². The molecule has 0 saturated carbocycles. The first kappa shape index (κ1) is 18.2. The van der Waals surface area contributed by atoms with Crippen molar-refractivity contribution in [1.82, 2.24) is 4.90 Å². The summed E-state index contributed by atoms with van der Waals surface area (Å²) in [7, 11) is 3.16. The van der Waals surface area contributed by atoms with Gasteiger partial charge in [0.2, 0.25) is 0 Å². The summed E-state index contributed by atoms with van der Waals surface area (Å²) in [5, 5.41) is 8.66. The molecule has 4 nitrogen and oxygen atoms in total. The van der Waals surface area contributed by atoms with Gasteiger partial charge in [-0.25, -0.2) is 0 Å². The molecule has 0 aliphatic rings. The molecule has 0 aliphatic heterocycles. The number of benzene rings is 2. The van der Waals surface area contributed by atoms with Crippen LogP contribution in [0.2, 0.25) is 5.02 Å². The van der Waals surface area contributed by atoms with Crippen LogP contribution in [0.5, 0.6) is 11.5 Å². The van der Waals surface area contributed by atoms with Gasteiger partial charge in [-0.05, 0) is 41.5 Å². The fourth-order valence-corrected chi connectivity index (χ4v) is 2.63. The van der Waals surface area contributed by atoms with E-state index in [2.05, 4.69) is 0 Å². The van der Waals surface area contributed by atoms with Crippen LogP contribution >= 0.6 is 23.2 Å². The van der Waals surface area contributed by atoms with Crippen molar-refractivity contribution < 1.29 is 9.47 Å². The van der Waals surface area contributed by atoms with Crippen LogP contribution in [0, 0.1) is 5.41 Å². The maximum Gasteiger partial charge on any atom is 0.161 e. The van der Waals surface area contributed by atoms with E-state index in [-0.39, 0.29) is 0 Å². The molecule has 2 aromatic rings. The van der Waals surface area contributed by atoms with Gasteiger partial charge in [0.25, 0.3) is 0 Å². The third-order valence-corrected chi connectivity index (χ3v) is 3.93. The number of nitrogens with zero attached hydrogens (tertiary/aromatic N) is 1. The van der Waals surface area contributed by atoms with Gasteiger partial charge in [0.05, 0.1) is 20.6 Å². The quantitative estimate of drug-likeness (QED) is 0.427. The summed E-state index contributed by atoms with van der Waals surface area (Å²) >= 11 is 12.4. The molecule has 6 heteroatoms. The second-order valence-corrected chi connectivity index (χ2v) is 5.79. The third-order valence-electron chi connectivity index (χ3n) is 3.37. The summed E-state index contributed by atoms with van der Waals surface area (Å²) in [4.78, 5) is 1.62. The molecule has 2 aromatic carbocycles. The molecular weight excluding hydrogens is 347 g/mol. The number of ether oxygens (including phenoxy) is 2. The predicted octanol–water partition coefficient (Wildman–Crippen LogP) is 5.00. The van der Waals surface area contributed by atoms with E-state index in [1.54, 1.807) is 37.3 Å². The van der Waals surface area contributed by atoms with Crippen LogP contribution in [-0.2, 0) is 6.54 Å². The number of rotatable bonds is 7. The zero-order valence-electron chi connectivity index (χ0n) is 13.4. The summed E-state index contributed by atoms with van der Waals surface area (Å²) < 4.78 is 10.5. The number of hydrogen-bond acceptors (Lipinski definition) is 3. The van der Waals surface area contributed by atoms with E-state index in [0.717, 1.165) is 11.1 Å². The first-order chi connectivity index (χ1) is 11.6. The van der Waals surface area contributed by atoms with E-state index in [1.165, 1.54) is 6.34 Å². The Kier molecular flexibility index (Phi) is 6.53. The van der Waals surface area contributed by atoms with Crippen LogP contribution in [0.3, 0.4) is 0 Å². The van der Waals surface area contributed by atoms with Crippen molar-refractivity contribution >= 4 is 35.6 Å². The molecule has 0 bridgehead atoms. The summed E-state index contributed by atoms with van der Waals surface area (Å²) in [6.45, 7) is 0.451. The highest BCUT2D eigenvalue weighted by molar-refractivity contribution is 6.31. The van der Waals surface area contributed by atoms with Gasteiger partial charge in [0, 0.05) is 11.6 Å². The molecular formula is C18H18Cl2N2O2. The monoisotopic (exact) mass is 364 g/mol. The molecule has 2 rings (SSSR count). The highest BCUT2D eigenvalue weighted by Gasteiger charge is 2.08. The van der Waals surface area contributed by atoms with E-state index in [9.17, 15) is 0 Å². The van der Waals surface area contributed by atoms with Gasteiger partial charge < -0.3 is 14.4 Å². The minimum atomic E-state index is 0.414. The van der Waals surface area contributed by atoms with Crippen LogP contribution < -0.4 is 9.47 Å². The summed E-state index contributed by atoms with van der Waals surface area (Å²) in [5.74, 6) is 1.26. The molecule has 0 aliphatic carbocycles. The maximum atomic E-state index is 7.60. The van der Waals surface area contributed by atoms with Crippen LogP contribution in [0.1, 0.15) is 11.1 Å². The minimum absolute atomic E-state index is 0.414. The molecule has 0 spiro atoms. The lowest BCUT2D eigenvalue weighted by Gasteiger charge is -2.18. The van der Waals surface area contributed by atoms with Crippen LogP contribution in [0.25, 0.3) is 6.08 Å².